The van der Waals surface area contributed by atoms with Crippen LogP contribution < -0.4 is 5.73 Å². The Bertz CT molecular complexity index is 688. The highest BCUT2D eigenvalue weighted by Crippen LogP contribution is 2.26. The summed E-state index contributed by atoms with van der Waals surface area (Å²) in [6, 6.07) is 4.04. The van der Waals surface area contributed by atoms with E-state index in [1.165, 1.54) is 35.4 Å². The molecule has 2 heterocycles. The second-order valence-corrected chi connectivity index (χ2v) is 5.90. The first kappa shape index (κ1) is 15.6. The van der Waals surface area contributed by atoms with Crippen molar-refractivity contribution in [1.29, 1.82) is 0 Å². The molecule has 2 unspecified atom stereocenters. The number of benzene rings is 1. The Morgan fingerprint density at radius 1 is 1.39 bits per heavy atom. The number of nitrogens with two attached hydrogens (primary N) is 1. The topological polar surface area (TPSA) is 77.0 Å². The predicted octanol–water partition coefficient (Wildman–Crippen LogP) is 1.61. The molecular formula is C16H20FN5O. The maximum Gasteiger partial charge on any atom is 0.256 e. The van der Waals surface area contributed by atoms with Gasteiger partial charge in [-0.2, -0.15) is 15.0 Å². The number of likely N-dealkylation sites (tertiary alicyclic amines) is 1. The minimum absolute atomic E-state index is 0.0297. The molecule has 1 aliphatic rings. The summed E-state index contributed by atoms with van der Waals surface area (Å²) in [6.45, 7) is 3.13. The maximum atomic E-state index is 13.7. The highest BCUT2D eigenvalue weighted by molar-refractivity contribution is 5.98. The minimum atomic E-state index is -0.460. The number of carbonyl (C=O) groups is 1. The molecule has 122 valence electrons. The van der Waals surface area contributed by atoms with Crippen molar-refractivity contribution in [3.63, 3.8) is 0 Å². The van der Waals surface area contributed by atoms with Crippen LogP contribution in [0.2, 0.25) is 0 Å². The molecule has 23 heavy (non-hydrogen) atoms. The summed E-state index contributed by atoms with van der Waals surface area (Å²) in [7, 11) is 0. The average Bonchev–Trinajstić information content (AvgIpc) is 3.08. The first-order chi connectivity index (χ1) is 11.1. The first-order valence-electron chi connectivity index (χ1n) is 7.79. The van der Waals surface area contributed by atoms with Gasteiger partial charge in [-0.1, -0.05) is 6.92 Å². The van der Waals surface area contributed by atoms with Gasteiger partial charge in [0, 0.05) is 19.1 Å². The molecule has 1 aliphatic heterocycles. The number of amides is 1. The van der Waals surface area contributed by atoms with Crippen molar-refractivity contribution in [2.75, 3.05) is 13.1 Å². The van der Waals surface area contributed by atoms with Crippen LogP contribution in [-0.2, 0) is 0 Å². The van der Waals surface area contributed by atoms with Crippen LogP contribution in [0.25, 0.3) is 5.69 Å². The molecule has 2 aromatic rings. The van der Waals surface area contributed by atoms with E-state index in [1.54, 1.807) is 4.90 Å². The van der Waals surface area contributed by atoms with Crippen molar-refractivity contribution in [2.24, 2.45) is 11.7 Å². The van der Waals surface area contributed by atoms with E-state index in [9.17, 15) is 9.18 Å². The zero-order valence-electron chi connectivity index (χ0n) is 13.0. The van der Waals surface area contributed by atoms with Gasteiger partial charge < -0.3 is 10.6 Å². The van der Waals surface area contributed by atoms with E-state index in [2.05, 4.69) is 17.1 Å². The van der Waals surface area contributed by atoms with Crippen molar-refractivity contribution in [3.8, 4) is 5.69 Å². The van der Waals surface area contributed by atoms with Gasteiger partial charge in [-0.05, 0) is 37.0 Å². The fraction of sp³-hybridized carbons (Fsp3) is 0.438. The van der Waals surface area contributed by atoms with Gasteiger partial charge >= 0.3 is 0 Å². The lowest BCUT2D eigenvalue weighted by Crippen LogP contribution is -2.51. The lowest BCUT2D eigenvalue weighted by Gasteiger charge is -2.39. The third-order valence-electron chi connectivity index (χ3n) is 4.44. The standard InChI is InChI=1S/C16H20FN5O/c1-11-3-2-8-21(15(11)10-18)16(23)13-9-12(17)4-5-14(13)22-19-6-7-20-22/h4-7,9,11,15H,2-3,8,10,18H2,1H3. The Kier molecular flexibility index (Phi) is 4.38. The Labute approximate surface area is 134 Å². The number of hydrogen-bond donors (Lipinski definition) is 1. The van der Waals surface area contributed by atoms with Gasteiger partial charge in [0.15, 0.2) is 0 Å². The molecule has 1 saturated heterocycles. The number of halogens is 1. The second-order valence-electron chi connectivity index (χ2n) is 5.90. The smallest absolute Gasteiger partial charge is 0.256 e. The van der Waals surface area contributed by atoms with Crippen LogP contribution in [0.1, 0.15) is 30.1 Å². The summed E-state index contributed by atoms with van der Waals surface area (Å²) in [5.41, 5.74) is 6.59. The minimum Gasteiger partial charge on any atom is -0.334 e. The predicted molar refractivity (Wildman–Crippen MR) is 83.6 cm³/mol. The van der Waals surface area contributed by atoms with Crippen molar-refractivity contribution >= 4 is 5.91 Å². The monoisotopic (exact) mass is 317 g/mol. The van der Waals surface area contributed by atoms with E-state index in [4.69, 9.17) is 5.73 Å². The molecule has 0 saturated carbocycles. The second kappa shape index (κ2) is 6.45. The van der Waals surface area contributed by atoms with Crippen molar-refractivity contribution in [3.05, 3.63) is 42.0 Å². The molecule has 1 aromatic heterocycles. The van der Waals surface area contributed by atoms with Crippen LogP contribution in [0.15, 0.2) is 30.6 Å². The third-order valence-corrected chi connectivity index (χ3v) is 4.44. The van der Waals surface area contributed by atoms with E-state index in [0.717, 1.165) is 12.8 Å². The molecule has 7 heteroatoms. The van der Waals surface area contributed by atoms with E-state index in [1.807, 2.05) is 0 Å². The fourth-order valence-corrected chi connectivity index (χ4v) is 3.21. The zero-order chi connectivity index (χ0) is 16.4. The summed E-state index contributed by atoms with van der Waals surface area (Å²) in [6.07, 6.45) is 5.00. The average molecular weight is 317 g/mol. The van der Waals surface area contributed by atoms with Gasteiger partial charge in [0.05, 0.1) is 23.6 Å². The summed E-state index contributed by atoms with van der Waals surface area (Å²) >= 11 is 0. The summed E-state index contributed by atoms with van der Waals surface area (Å²) in [5, 5.41) is 8.09. The van der Waals surface area contributed by atoms with Gasteiger partial charge in [0.2, 0.25) is 0 Å². The number of carbonyl (C=O) groups excluding carboxylic acids is 1. The Morgan fingerprint density at radius 3 is 2.83 bits per heavy atom. The molecule has 0 bridgehead atoms. The van der Waals surface area contributed by atoms with Crippen LogP contribution in [0.4, 0.5) is 4.39 Å². The van der Waals surface area contributed by atoms with Crippen LogP contribution >= 0.6 is 0 Å². The van der Waals surface area contributed by atoms with E-state index < -0.39 is 5.82 Å². The van der Waals surface area contributed by atoms with Gasteiger partial charge in [-0.3, -0.25) is 4.79 Å². The fourth-order valence-electron chi connectivity index (χ4n) is 3.21. The molecule has 0 spiro atoms. The third kappa shape index (κ3) is 2.96. The van der Waals surface area contributed by atoms with E-state index in [0.29, 0.717) is 24.7 Å². The normalized spacial score (nSPS) is 21.4. The van der Waals surface area contributed by atoms with Crippen molar-refractivity contribution in [2.45, 2.75) is 25.8 Å². The lowest BCUT2D eigenvalue weighted by atomic mass is 9.90. The molecule has 0 aliphatic carbocycles. The van der Waals surface area contributed by atoms with Gasteiger partial charge in [-0.15, -0.1) is 0 Å². The summed E-state index contributed by atoms with van der Waals surface area (Å²) in [5.74, 6) is -0.352. The van der Waals surface area contributed by atoms with Crippen LogP contribution in [0.5, 0.6) is 0 Å². The maximum absolute atomic E-state index is 13.7. The van der Waals surface area contributed by atoms with Crippen LogP contribution in [-0.4, -0.2) is 44.9 Å². The van der Waals surface area contributed by atoms with E-state index in [-0.39, 0.29) is 17.5 Å². The Morgan fingerprint density at radius 2 is 2.13 bits per heavy atom. The number of rotatable bonds is 3. The molecule has 1 fully saturated rings. The van der Waals surface area contributed by atoms with Gasteiger partial charge in [-0.25, -0.2) is 4.39 Å². The summed E-state index contributed by atoms with van der Waals surface area (Å²) < 4.78 is 13.7. The number of aromatic nitrogens is 3. The SMILES string of the molecule is CC1CCCN(C(=O)c2cc(F)ccc2-n2nccn2)C1CN. The quantitative estimate of drug-likeness (QED) is 0.933. The lowest BCUT2D eigenvalue weighted by molar-refractivity contribution is 0.0532. The zero-order valence-corrected chi connectivity index (χ0v) is 13.0. The largest absolute Gasteiger partial charge is 0.334 e. The highest BCUT2D eigenvalue weighted by atomic mass is 19.1. The molecular weight excluding hydrogens is 297 g/mol. The molecule has 1 aromatic carbocycles. The molecule has 1 amide bonds. The van der Waals surface area contributed by atoms with Crippen molar-refractivity contribution < 1.29 is 9.18 Å². The summed E-state index contributed by atoms with van der Waals surface area (Å²) in [4.78, 5) is 16.1. The van der Waals surface area contributed by atoms with Crippen LogP contribution in [0, 0.1) is 11.7 Å². The number of hydrogen-bond acceptors (Lipinski definition) is 4. The molecule has 6 nitrogen and oxygen atoms in total. The van der Waals surface area contributed by atoms with E-state index >= 15 is 0 Å². The number of piperidine rings is 1. The first-order valence-corrected chi connectivity index (χ1v) is 7.79. The highest BCUT2D eigenvalue weighted by Gasteiger charge is 2.32. The molecule has 0 radical (unpaired) electrons. The Hall–Kier alpha value is -2.28. The molecule has 2 N–H and O–H groups in total. The Balaban J connectivity index is 2.00. The number of nitrogens with zero attached hydrogens (tertiary/aromatic N) is 4. The van der Waals surface area contributed by atoms with Crippen LogP contribution in [0.3, 0.4) is 0 Å². The van der Waals surface area contributed by atoms with Crippen molar-refractivity contribution in [1.82, 2.24) is 19.9 Å². The molecule has 3 rings (SSSR count). The molecule has 2 atom stereocenters. The van der Waals surface area contributed by atoms with Gasteiger partial charge in [0.1, 0.15) is 5.82 Å². The van der Waals surface area contributed by atoms with Gasteiger partial charge in [0.25, 0.3) is 5.91 Å².